The van der Waals surface area contributed by atoms with Crippen LogP contribution < -0.4 is 0 Å². The SMILES string of the molecule is CC(C)(C)CC1COC(=O)C1C(OC=O)C(C)(C)C. The second-order valence-electron chi connectivity index (χ2n) is 7.70. The molecule has 0 aromatic rings. The van der Waals surface area contributed by atoms with Crippen LogP contribution in [0.1, 0.15) is 48.0 Å². The van der Waals surface area contributed by atoms with Crippen molar-refractivity contribution in [1.29, 1.82) is 0 Å². The molecule has 19 heavy (non-hydrogen) atoms. The molecule has 1 saturated heterocycles. The van der Waals surface area contributed by atoms with Crippen LogP contribution in [0.4, 0.5) is 0 Å². The van der Waals surface area contributed by atoms with Crippen molar-refractivity contribution >= 4 is 12.4 Å². The third-order valence-electron chi connectivity index (χ3n) is 3.48. The average Bonchev–Trinajstić information content (AvgIpc) is 2.52. The maximum Gasteiger partial charge on any atom is 0.313 e. The average molecular weight is 270 g/mol. The lowest BCUT2D eigenvalue weighted by Crippen LogP contribution is -2.42. The van der Waals surface area contributed by atoms with Gasteiger partial charge in [0.25, 0.3) is 6.47 Å². The summed E-state index contributed by atoms with van der Waals surface area (Å²) in [5.74, 6) is -0.489. The summed E-state index contributed by atoms with van der Waals surface area (Å²) in [5, 5.41) is 0. The van der Waals surface area contributed by atoms with E-state index in [9.17, 15) is 9.59 Å². The fourth-order valence-electron chi connectivity index (χ4n) is 2.81. The van der Waals surface area contributed by atoms with Crippen molar-refractivity contribution in [2.24, 2.45) is 22.7 Å². The van der Waals surface area contributed by atoms with Gasteiger partial charge in [0.1, 0.15) is 12.0 Å². The lowest BCUT2D eigenvalue weighted by molar-refractivity contribution is -0.155. The molecule has 1 rings (SSSR count). The van der Waals surface area contributed by atoms with E-state index < -0.39 is 6.10 Å². The molecular formula is C15H26O4. The zero-order valence-electron chi connectivity index (χ0n) is 12.9. The fraction of sp³-hybridized carbons (Fsp3) is 0.867. The Morgan fingerprint density at radius 1 is 1.32 bits per heavy atom. The Labute approximate surface area is 115 Å². The summed E-state index contributed by atoms with van der Waals surface area (Å²) < 4.78 is 10.4. The van der Waals surface area contributed by atoms with Crippen molar-refractivity contribution in [2.75, 3.05) is 6.61 Å². The van der Waals surface area contributed by atoms with Gasteiger partial charge in [0.05, 0.1) is 6.61 Å². The molecule has 0 spiro atoms. The van der Waals surface area contributed by atoms with Gasteiger partial charge in [-0.25, -0.2) is 0 Å². The predicted octanol–water partition coefficient (Wildman–Crippen LogP) is 2.80. The van der Waals surface area contributed by atoms with Gasteiger partial charge in [-0.15, -0.1) is 0 Å². The Hall–Kier alpha value is -1.06. The Morgan fingerprint density at radius 3 is 2.32 bits per heavy atom. The molecule has 0 amide bonds. The Kier molecular flexibility index (Phi) is 4.64. The molecule has 0 N–H and O–H groups in total. The Bertz CT molecular complexity index is 335. The van der Waals surface area contributed by atoms with Crippen molar-refractivity contribution in [3.8, 4) is 0 Å². The van der Waals surface area contributed by atoms with Gasteiger partial charge in [0.15, 0.2) is 0 Å². The summed E-state index contributed by atoms with van der Waals surface area (Å²) >= 11 is 0. The first-order valence-corrected chi connectivity index (χ1v) is 6.82. The molecule has 4 heteroatoms. The number of ether oxygens (including phenoxy) is 2. The third-order valence-corrected chi connectivity index (χ3v) is 3.48. The maximum absolute atomic E-state index is 12.0. The highest BCUT2D eigenvalue weighted by atomic mass is 16.6. The van der Waals surface area contributed by atoms with Crippen molar-refractivity contribution in [3.63, 3.8) is 0 Å². The highest BCUT2D eigenvalue weighted by Gasteiger charge is 2.48. The largest absolute Gasteiger partial charge is 0.465 e. The number of hydrogen-bond donors (Lipinski definition) is 0. The Morgan fingerprint density at radius 2 is 1.89 bits per heavy atom. The van der Waals surface area contributed by atoms with Crippen LogP contribution in [-0.2, 0) is 19.1 Å². The number of carbonyl (C=O) groups excluding carboxylic acids is 2. The van der Waals surface area contributed by atoms with Gasteiger partial charge >= 0.3 is 5.97 Å². The minimum atomic E-state index is -0.438. The van der Waals surface area contributed by atoms with Gasteiger partial charge < -0.3 is 9.47 Å². The summed E-state index contributed by atoms with van der Waals surface area (Å²) in [6.07, 6.45) is 0.436. The van der Waals surface area contributed by atoms with E-state index in [-0.39, 0.29) is 28.6 Å². The normalized spacial score (nSPS) is 25.9. The predicted molar refractivity (Wildman–Crippen MR) is 72.4 cm³/mol. The smallest absolute Gasteiger partial charge is 0.313 e. The van der Waals surface area contributed by atoms with Gasteiger partial charge in [-0.1, -0.05) is 41.5 Å². The number of esters is 1. The zero-order chi connectivity index (χ0) is 14.8. The van der Waals surface area contributed by atoms with Crippen LogP contribution >= 0.6 is 0 Å². The third kappa shape index (κ3) is 4.22. The van der Waals surface area contributed by atoms with Crippen LogP contribution in [0.2, 0.25) is 0 Å². The quantitative estimate of drug-likeness (QED) is 0.582. The molecule has 0 aromatic carbocycles. The first-order chi connectivity index (χ1) is 8.56. The summed E-state index contributed by atoms with van der Waals surface area (Å²) in [6.45, 7) is 13.2. The van der Waals surface area contributed by atoms with Gasteiger partial charge in [0.2, 0.25) is 0 Å². The topological polar surface area (TPSA) is 52.6 Å². The van der Waals surface area contributed by atoms with E-state index in [2.05, 4.69) is 20.8 Å². The monoisotopic (exact) mass is 270 g/mol. The van der Waals surface area contributed by atoms with E-state index in [1.54, 1.807) is 0 Å². The van der Waals surface area contributed by atoms with Gasteiger partial charge in [0, 0.05) is 5.92 Å². The van der Waals surface area contributed by atoms with Crippen LogP contribution in [0.25, 0.3) is 0 Å². The molecule has 0 saturated carbocycles. The highest BCUT2D eigenvalue weighted by molar-refractivity contribution is 5.75. The second kappa shape index (κ2) is 5.51. The van der Waals surface area contributed by atoms with Crippen LogP contribution in [0, 0.1) is 22.7 Å². The van der Waals surface area contributed by atoms with E-state index >= 15 is 0 Å². The molecule has 0 aliphatic carbocycles. The molecule has 1 fully saturated rings. The molecule has 0 aromatic heterocycles. The van der Waals surface area contributed by atoms with Crippen LogP contribution in [0.3, 0.4) is 0 Å². The molecule has 110 valence electrons. The second-order valence-corrected chi connectivity index (χ2v) is 7.70. The lowest BCUT2D eigenvalue weighted by atomic mass is 9.72. The van der Waals surface area contributed by atoms with Gasteiger partial charge in [-0.2, -0.15) is 0 Å². The first kappa shape index (κ1) is 16.0. The molecule has 3 unspecified atom stereocenters. The number of carbonyl (C=O) groups is 2. The highest BCUT2D eigenvalue weighted by Crippen LogP contribution is 2.40. The van der Waals surface area contributed by atoms with Crippen molar-refractivity contribution in [1.82, 2.24) is 0 Å². The van der Waals surface area contributed by atoms with Crippen LogP contribution in [-0.4, -0.2) is 25.2 Å². The molecule has 1 aliphatic rings. The summed E-state index contributed by atoms with van der Waals surface area (Å²) in [4.78, 5) is 22.8. The van der Waals surface area contributed by atoms with Crippen LogP contribution in [0.5, 0.6) is 0 Å². The van der Waals surface area contributed by atoms with Gasteiger partial charge in [-0.05, 0) is 17.3 Å². The van der Waals surface area contributed by atoms with E-state index in [4.69, 9.17) is 9.47 Å². The fourth-order valence-corrected chi connectivity index (χ4v) is 2.81. The standard InChI is InChI=1S/C15H26O4/c1-14(2,3)7-10-8-18-13(17)11(10)12(19-9-16)15(4,5)6/h9-12H,7-8H2,1-6H3. The first-order valence-electron chi connectivity index (χ1n) is 6.82. The minimum Gasteiger partial charge on any atom is -0.465 e. The van der Waals surface area contributed by atoms with E-state index in [0.29, 0.717) is 13.1 Å². The van der Waals surface area contributed by atoms with Crippen LogP contribution in [0.15, 0.2) is 0 Å². The molecule has 1 aliphatic heterocycles. The molecule has 0 radical (unpaired) electrons. The summed E-state index contributed by atoms with van der Waals surface area (Å²) in [5.41, 5.74) is -0.175. The summed E-state index contributed by atoms with van der Waals surface area (Å²) in [7, 11) is 0. The number of rotatable bonds is 4. The number of hydrogen-bond acceptors (Lipinski definition) is 4. The molecular weight excluding hydrogens is 244 g/mol. The minimum absolute atomic E-state index is 0.108. The van der Waals surface area contributed by atoms with E-state index in [0.717, 1.165) is 6.42 Å². The lowest BCUT2D eigenvalue weighted by Gasteiger charge is -2.35. The van der Waals surface area contributed by atoms with Crippen molar-refractivity contribution < 1.29 is 19.1 Å². The van der Waals surface area contributed by atoms with Gasteiger partial charge in [-0.3, -0.25) is 9.59 Å². The van der Waals surface area contributed by atoms with Crippen molar-refractivity contribution in [3.05, 3.63) is 0 Å². The van der Waals surface area contributed by atoms with E-state index in [1.165, 1.54) is 0 Å². The van der Waals surface area contributed by atoms with Crippen molar-refractivity contribution in [2.45, 2.75) is 54.1 Å². The number of cyclic esters (lactones) is 1. The maximum atomic E-state index is 12.0. The molecule has 1 heterocycles. The Balaban J connectivity index is 2.96. The molecule has 4 nitrogen and oxygen atoms in total. The van der Waals surface area contributed by atoms with E-state index in [1.807, 2.05) is 20.8 Å². The molecule has 3 atom stereocenters. The molecule has 0 bridgehead atoms. The zero-order valence-corrected chi connectivity index (χ0v) is 12.9. The summed E-state index contributed by atoms with van der Waals surface area (Å²) in [6, 6.07) is 0.